The van der Waals surface area contributed by atoms with Gasteiger partial charge in [-0.15, -0.1) is 13.2 Å². The van der Waals surface area contributed by atoms with E-state index < -0.39 is 11.9 Å². The molecule has 0 saturated carbocycles. The van der Waals surface area contributed by atoms with Crippen LogP contribution in [0.5, 0.6) is 0 Å². The van der Waals surface area contributed by atoms with Crippen molar-refractivity contribution in [1.29, 1.82) is 0 Å². The van der Waals surface area contributed by atoms with Crippen molar-refractivity contribution in [2.75, 3.05) is 23.0 Å². The fourth-order valence-electron chi connectivity index (χ4n) is 2.08. The van der Waals surface area contributed by atoms with Gasteiger partial charge < -0.3 is 9.47 Å². The molecule has 0 amide bonds. The van der Waals surface area contributed by atoms with E-state index in [1.165, 1.54) is 0 Å². The molecule has 0 heterocycles. The Morgan fingerprint density at radius 3 is 1.54 bits per heavy atom. The van der Waals surface area contributed by atoms with Crippen molar-refractivity contribution in [3.63, 3.8) is 0 Å². The Morgan fingerprint density at radius 1 is 0.846 bits per heavy atom. The molecule has 0 aliphatic carbocycles. The lowest BCUT2D eigenvalue weighted by Crippen LogP contribution is -2.19. The van der Waals surface area contributed by atoms with E-state index in [-0.39, 0.29) is 12.2 Å². The zero-order chi connectivity index (χ0) is 19.6. The number of carbonyl (C=O) groups excluding carboxylic acids is 2. The number of hydrogen-bond acceptors (Lipinski definition) is 6. The van der Waals surface area contributed by atoms with Crippen LogP contribution in [-0.4, -0.2) is 47.2 Å². The van der Waals surface area contributed by atoms with Gasteiger partial charge >= 0.3 is 11.9 Å². The molecule has 0 N–H and O–H groups in total. The fraction of sp³-hybridized carbons (Fsp3) is 0.600. The van der Waals surface area contributed by atoms with Gasteiger partial charge in [0.25, 0.3) is 0 Å². The number of ether oxygens (including phenoxy) is 2. The highest BCUT2D eigenvalue weighted by Crippen LogP contribution is 2.12. The summed E-state index contributed by atoms with van der Waals surface area (Å²) < 4.78 is 10.8. The van der Waals surface area contributed by atoms with Crippen molar-refractivity contribution >= 4 is 35.5 Å². The summed E-state index contributed by atoms with van der Waals surface area (Å²) in [6, 6.07) is 0. The van der Waals surface area contributed by atoms with Crippen LogP contribution in [-0.2, 0) is 19.1 Å². The second-order valence-corrected chi connectivity index (χ2v) is 8.26. The molecule has 26 heavy (non-hydrogen) atoms. The van der Waals surface area contributed by atoms with Gasteiger partial charge in [-0.25, -0.2) is 9.59 Å². The summed E-state index contributed by atoms with van der Waals surface area (Å²) in [4.78, 5) is 23.8. The van der Waals surface area contributed by atoms with Crippen molar-refractivity contribution < 1.29 is 19.1 Å². The predicted octanol–water partition coefficient (Wildman–Crippen LogP) is 4.80. The first-order valence-corrected chi connectivity index (χ1v) is 11.3. The highest BCUT2D eigenvalue weighted by Gasteiger charge is 2.13. The van der Waals surface area contributed by atoms with E-state index in [9.17, 15) is 9.59 Å². The third kappa shape index (κ3) is 14.1. The third-order valence-corrected chi connectivity index (χ3v) is 5.22. The number of hydrogen-bond donors (Lipinski definition) is 0. The van der Waals surface area contributed by atoms with Gasteiger partial charge in [0.1, 0.15) is 12.2 Å². The standard InChI is InChI=1S/C20H32O4S2/c1-5-9-17(13-15-25-7-3)23-19(21)11-12-20(22)24-18(10-6-2)14-16-26-8-4/h5-6,11-12,17-18H,1-2,7-10,13-16H2,3-4H3/b12-11-. The van der Waals surface area contributed by atoms with Crippen LogP contribution in [0.3, 0.4) is 0 Å². The minimum absolute atomic E-state index is 0.209. The van der Waals surface area contributed by atoms with Gasteiger partial charge in [0.2, 0.25) is 0 Å². The molecule has 0 aliphatic rings. The molecule has 6 heteroatoms. The smallest absolute Gasteiger partial charge is 0.331 e. The van der Waals surface area contributed by atoms with Crippen LogP contribution in [0.4, 0.5) is 0 Å². The molecular weight excluding hydrogens is 368 g/mol. The van der Waals surface area contributed by atoms with Gasteiger partial charge in [0, 0.05) is 25.0 Å². The topological polar surface area (TPSA) is 52.6 Å². The van der Waals surface area contributed by atoms with E-state index >= 15 is 0 Å². The summed E-state index contributed by atoms with van der Waals surface area (Å²) in [5, 5.41) is 0. The number of esters is 2. The molecule has 0 radical (unpaired) electrons. The van der Waals surface area contributed by atoms with Gasteiger partial charge in [0.05, 0.1) is 0 Å². The fourth-order valence-corrected chi connectivity index (χ4v) is 3.52. The number of carbonyl (C=O) groups is 2. The van der Waals surface area contributed by atoms with E-state index in [1.807, 2.05) is 0 Å². The molecule has 0 spiro atoms. The molecule has 4 nitrogen and oxygen atoms in total. The molecule has 2 unspecified atom stereocenters. The normalized spacial score (nSPS) is 13.2. The molecule has 0 aromatic heterocycles. The maximum atomic E-state index is 11.9. The number of rotatable bonds is 16. The van der Waals surface area contributed by atoms with E-state index in [4.69, 9.17) is 9.47 Å². The molecule has 0 saturated heterocycles. The third-order valence-electron chi connectivity index (χ3n) is 3.36. The van der Waals surface area contributed by atoms with Crippen molar-refractivity contribution in [2.45, 2.75) is 51.7 Å². The average Bonchev–Trinajstić information content (AvgIpc) is 2.60. The van der Waals surface area contributed by atoms with Gasteiger partial charge in [-0.2, -0.15) is 23.5 Å². The van der Waals surface area contributed by atoms with Gasteiger partial charge in [0.15, 0.2) is 0 Å². The van der Waals surface area contributed by atoms with E-state index in [0.717, 1.165) is 48.0 Å². The summed E-state index contributed by atoms with van der Waals surface area (Å²) in [6.07, 6.45) is 8.07. The Kier molecular flexibility index (Phi) is 16.5. The van der Waals surface area contributed by atoms with Crippen molar-refractivity contribution in [3.8, 4) is 0 Å². The molecule has 0 aliphatic heterocycles. The molecule has 0 aromatic rings. The van der Waals surface area contributed by atoms with Crippen LogP contribution in [0.1, 0.15) is 39.5 Å². The first-order chi connectivity index (χ1) is 12.6. The van der Waals surface area contributed by atoms with Gasteiger partial charge in [-0.3, -0.25) is 0 Å². The molecule has 148 valence electrons. The van der Waals surface area contributed by atoms with Crippen LogP contribution >= 0.6 is 23.5 Å². The highest BCUT2D eigenvalue weighted by atomic mass is 32.2. The highest BCUT2D eigenvalue weighted by molar-refractivity contribution is 7.99. The summed E-state index contributed by atoms with van der Waals surface area (Å²) in [6.45, 7) is 11.6. The molecule has 0 bridgehead atoms. The van der Waals surface area contributed by atoms with Crippen molar-refractivity contribution in [3.05, 3.63) is 37.5 Å². The minimum Gasteiger partial charge on any atom is -0.459 e. The predicted molar refractivity (Wildman–Crippen MR) is 114 cm³/mol. The lowest BCUT2D eigenvalue weighted by molar-refractivity contribution is -0.145. The molecule has 0 aromatic carbocycles. The summed E-state index contributed by atoms with van der Waals surface area (Å²) in [5.41, 5.74) is 0. The Balaban J connectivity index is 4.40. The molecule has 0 rings (SSSR count). The molecular formula is C20H32O4S2. The lowest BCUT2D eigenvalue weighted by atomic mass is 10.2. The Morgan fingerprint density at radius 2 is 1.23 bits per heavy atom. The van der Waals surface area contributed by atoms with Crippen LogP contribution < -0.4 is 0 Å². The quantitative estimate of drug-likeness (QED) is 0.160. The van der Waals surface area contributed by atoms with E-state index in [1.54, 1.807) is 35.7 Å². The monoisotopic (exact) mass is 400 g/mol. The maximum absolute atomic E-state index is 11.9. The lowest BCUT2D eigenvalue weighted by Gasteiger charge is -2.15. The maximum Gasteiger partial charge on any atom is 0.331 e. The second-order valence-electron chi connectivity index (χ2n) is 5.47. The summed E-state index contributed by atoms with van der Waals surface area (Å²) >= 11 is 3.60. The first-order valence-electron chi connectivity index (χ1n) is 9.03. The zero-order valence-corrected chi connectivity index (χ0v) is 17.6. The Hall–Kier alpha value is -1.14. The first kappa shape index (κ1) is 24.9. The molecule has 0 fully saturated rings. The second kappa shape index (κ2) is 17.3. The zero-order valence-electron chi connectivity index (χ0n) is 16.0. The van der Waals surface area contributed by atoms with Gasteiger partial charge in [-0.05, 0) is 35.9 Å². The van der Waals surface area contributed by atoms with Crippen LogP contribution in [0, 0.1) is 0 Å². The van der Waals surface area contributed by atoms with E-state index in [2.05, 4.69) is 27.0 Å². The van der Waals surface area contributed by atoms with Crippen molar-refractivity contribution in [2.24, 2.45) is 0 Å². The average molecular weight is 401 g/mol. The SMILES string of the molecule is C=CCC(CCSCC)OC(=O)/C=C\C(=O)OC(CC=C)CCSCC. The molecule has 2 atom stereocenters. The summed E-state index contributed by atoms with van der Waals surface area (Å²) in [7, 11) is 0. The van der Waals surface area contributed by atoms with Gasteiger partial charge in [-0.1, -0.05) is 26.0 Å². The Labute approximate surface area is 166 Å². The van der Waals surface area contributed by atoms with Crippen LogP contribution in [0.25, 0.3) is 0 Å². The van der Waals surface area contributed by atoms with E-state index in [0.29, 0.717) is 12.8 Å². The van der Waals surface area contributed by atoms with Crippen LogP contribution in [0.2, 0.25) is 0 Å². The number of thioether (sulfide) groups is 2. The largest absolute Gasteiger partial charge is 0.459 e. The minimum atomic E-state index is -0.530. The van der Waals surface area contributed by atoms with Crippen molar-refractivity contribution in [1.82, 2.24) is 0 Å². The Bertz CT molecular complexity index is 409. The van der Waals surface area contributed by atoms with Crippen LogP contribution in [0.15, 0.2) is 37.5 Å². The summed E-state index contributed by atoms with van der Waals surface area (Å²) in [5.74, 6) is 2.85.